The Balaban J connectivity index is 2.85. The number of carboxylic acids is 1. The van der Waals surface area contributed by atoms with Crippen molar-refractivity contribution in [1.82, 2.24) is 9.80 Å². The summed E-state index contributed by atoms with van der Waals surface area (Å²) in [5, 5.41) is 9.28. The predicted octanol–water partition coefficient (Wildman–Crippen LogP) is 1.18. The average molecular weight is 300 g/mol. The normalized spacial score (nSPS) is 19.0. The van der Waals surface area contributed by atoms with Crippen molar-refractivity contribution in [3.63, 3.8) is 0 Å². The fourth-order valence-corrected chi connectivity index (χ4v) is 2.57. The molecule has 7 nitrogen and oxygen atoms in total. The summed E-state index contributed by atoms with van der Waals surface area (Å²) in [5.74, 6) is -1.72. The van der Waals surface area contributed by atoms with Crippen LogP contribution in [0.1, 0.15) is 33.6 Å². The van der Waals surface area contributed by atoms with Gasteiger partial charge in [0, 0.05) is 19.6 Å². The van der Waals surface area contributed by atoms with E-state index >= 15 is 0 Å². The van der Waals surface area contributed by atoms with Crippen molar-refractivity contribution in [2.24, 2.45) is 5.92 Å². The first-order valence-electron chi connectivity index (χ1n) is 7.13. The predicted molar refractivity (Wildman–Crippen MR) is 75.8 cm³/mol. The van der Waals surface area contributed by atoms with Gasteiger partial charge in [0.05, 0.1) is 13.0 Å². The Labute approximate surface area is 124 Å². The van der Waals surface area contributed by atoms with Gasteiger partial charge in [-0.25, -0.2) is 9.59 Å². The Morgan fingerprint density at radius 3 is 2.48 bits per heavy atom. The van der Waals surface area contributed by atoms with Gasteiger partial charge in [-0.1, -0.05) is 0 Å². The topological polar surface area (TPSA) is 87.2 Å². The van der Waals surface area contributed by atoms with Crippen LogP contribution in [0.3, 0.4) is 0 Å². The number of methoxy groups -OCH3 is 1. The van der Waals surface area contributed by atoms with Crippen LogP contribution in [0.15, 0.2) is 0 Å². The lowest BCUT2D eigenvalue weighted by molar-refractivity contribution is -0.149. The second kappa shape index (κ2) is 6.78. The van der Waals surface area contributed by atoms with Crippen LogP contribution >= 0.6 is 0 Å². The quantitative estimate of drug-likeness (QED) is 0.788. The van der Waals surface area contributed by atoms with Crippen LogP contribution in [0.4, 0.5) is 4.79 Å². The number of hydrogen-bond acceptors (Lipinski definition) is 4. The Morgan fingerprint density at radius 1 is 1.38 bits per heavy atom. The molecule has 7 heteroatoms. The molecular formula is C14H24N2O5. The van der Waals surface area contributed by atoms with Crippen molar-refractivity contribution >= 4 is 18.0 Å². The lowest BCUT2D eigenvalue weighted by Crippen LogP contribution is -2.58. The molecule has 0 radical (unpaired) electrons. The number of carboxylic acid groups (broad SMARTS) is 1. The van der Waals surface area contributed by atoms with E-state index in [1.54, 1.807) is 11.8 Å². The summed E-state index contributed by atoms with van der Waals surface area (Å²) in [5.41, 5.74) is -1.29. The molecule has 1 aliphatic rings. The first-order chi connectivity index (χ1) is 9.75. The molecule has 1 heterocycles. The highest BCUT2D eigenvalue weighted by Crippen LogP contribution is 2.22. The summed E-state index contributed by atoms with van der Waals surface area (Å²) in [6.07, 6.45) is 1.39. The van der Waals surface area contributed by atoms with E-state index in [9.17, 15) is 19.5 Å². The fourth-order valence-electron chi connectivity index (χ4n) is 2.57. The summed E-state index contributed by atoms with van der Waals surface area (Å²) in [4.78, 5) is 38.4. The molecule has 1 rings (SSSR count). The van der Waals surface area contributed by atoms with Crippen LogP contribution in [-0.4, -0.2) is 65.2 Å². The van der Waals surface area contributed by atoms with E-state index in [4.69, 9.17) is 4.74 Å². The zero-order valence-corrected chi connectivity index (χ0v) is 13.1. The van der Waals surface area contributed by atoms with Gasteiger partial charge < -0.3 is 19.6 Å². The Hall–Kier alpha value is -1.79. The number of likely N-dealkylation sites (tertiary alicyclic amines) is 1. The Kier molecular flexibility index (Phi) is 5.57. The number of ether oxygens (including phenoxy) is 1. The molecule has 1 fully saturated rings. The maximum atomic E-state index is 12.6. The summed E-state index contributed by atoms with van der Waals surface area (Å²) in [7, 11) is 1.33. The zero-order chi connectivity index (χ0) is 16.2. The van der Waals surface area contributed by atoms with Crippen LogP contribution in [-0.2, 0) is 14.3 Å². The van der Waals surface area contributed by atoms with Crippen molar-refractivity contribution in [3.05, 3.63) is 0 Å². The third-order valence-electron chi connectivity index (χ3n) is 3.97. The van der Waals surface area contributed by atoms with Gasteiger partial charge in [0.15, 0.2) is 0 Å². The van der Waals surface area contributed by atoms with Gasteiger partial charge in [0.2, 0.25) is 0 Å². The highest BCUT2D eigenvalue weighted by Gasteiger charge is 2.40. The molecular weight excluding hydrogens is 276 g/mol. The molecule has 1 unspecified atom stereocenters. The molecule has 0 saturated carbocycles. The van der Waals surface area contributed by atoms with Gasteiger partial charge in [-0.15, -0.1) is 0 Å². The van der Waals surface area contributed by atoms with Gasteiger partial charge in [-0.2, -0.15) is 0 Å². The first kappa shape index (κ1) is 17.3. The fraction of sp³-hybridized carbons (Fsp3) is 0.786. The molecule has 2 amide bonds. The molecule has 0 aromatic carbocycles. The smallest absolute Gasteiger partial charge is 0.329 e. The summed E-state index contributed by atoms with van der Waals surface area (Å²) in [6.45, 7) is 5.83. The van der Waals surface area contributed by atoms with Crippen LogP contribution in [0.25, 0.3) is 0 Å². The number of likely N-dealkylation sites (N-methyl/N-ethyl adjacent to an activating group) is 1. The number of amides is 2. The number of rotatable bonds is 4. The van der Waals surface area contributed by atoms with Crippen LogP contribution in [0.5, 0.6) is 0 Å². The molecule has 0 aromatic rings. The highest BCUT2D eigenvalue weighted by atomic mass is 16.5. The minimum absolute atomic E-state index is 0.276. The minimum atomic E-state index is -1.29. The molecule has 1 saturated heterocycles. The molecule has 0 spiro atoms. The van der Waals surface area contributed by atoms with E-state index in [1.165, 1.54) is 25.9 Å². The Bertz CT molecular complexity index is 422. The number of nitrogens with zero attached hydrogens (tertiary/aromatic N) is 2. The van der Waals surface area contributed by atoms with E-state index in [0.29, 0.717) is 19.4 Å². The maximum absolute atomic E-state index is 12.6. The van der Waals surface area contributed by atoms with E-state index < -0.39 is 11.5 Å². The monoisotopic (exact) mass is 300 g/mol. The molecule has 120 valence electrons. The highest BCUT2D eigenvalue weighted by molar-refractivity contribution is 5.86. The van der Waals surface area contributed by atoms with Gasteiger partial charge in [-0.05, 0) is 33.6 Å². The average Bonchev–Trinajstić information content (AvgIpc) is 2.46. The van der Waals surface area contributed by atoms with Gasteiger partial charge in [0.1, 0.15) is 5.54 Å². The molecule has 0 bridgehead atoms. The van der Waals surface area contributed by atoms with Crippen LogP contribution in [0, 0.1) is 5.92 Å². The lowest BCUT2D eigenvalue weighted by Gasteiger charge is -2.40. The van der Waals surface area contributed by atoms with E-state index in [1.807, 2.05) is 0 Å². The molecule has 1 N–H and O–H groups in total. The standard InChI is InChI=1S/C14H24N2O5/c1-5-16(14(2,3)12(18)19)13(20)15-8-6-7-10(9-15)11(17)21-4/h10H,5-9H2,1-4H3,(H,18,19). The summed E-state index contributed by atoms with van der Waals surface area (Å²) in [6, 6.07) is -0.349. The lowest BCUT2D eigenvalue weighted by atomic mass is 9.98. The third kappa shape index (κ3) is 3.65. The van der Waals surface area contributed by atoms with Crippen molar-refractivity contribution in [3.8, 4) is 0 Å². The van der Waals surface area contributed by atoms with Crippen molar-refractivity contribution in [2.45, 2.75) is 39.2 Å². The molecule has 1 atom stereocenters. The second-order valence-electron chi connectivity index (χ2n) is 5.70. The number of esters is 1. The van der Waals surface area contributed by atoms with E-state index in [2.05, 4.69) is 0 Å². The Morgan fingerprint density at radius 2 is 2.00 bits per heavy atom. The van der Waals surface area contributed by atoms with Gasteiger partial charge in [0.25, 0.3) is 0 Å². The molecule has 0 aliphatic carbocycles. The van der Waals surface area contributed by atoms with Gasteiger partial charge in [-0.3, -0.25) is 4.79 Å². The van der Waals surface area contributed by atoms with Crippen molar-refractivity contribution in [2.75, 3.05) is 26.7 Å². The third-order valence-corrected chi connectivity index (χ3v) is 3.97. The molecule has 21 heavy (non-hydrogen) atoms. The number of carbonyl (C=O) groups is 3. The van der Waals surface area contributed by atoms with E-state index in [-0.39, 0.29) is 31.0 Å². The zero-order valence-electron chi connectivity index (χ0n) is 13.1. The first-order valence-corrected chi connectivity index (χ1v) is 7.13. The number of urea groups is 1. The number of aliphatic carboxylic acids is 1. The van der Waals surface area contributed by atoms with Gasteiger partial charge >= 0.3 is 18.0 Å². The number of carbonyl (C=O) groups excluding carboxylic acids is 2. The molecule has 1 aliphatic heterocycles. The van der Waals surface area contributed by atoms with Crippen LogP contribution in [0.2, 0.25) is 0 Å². The number of hydrogen-bond donors (Lipinski definition) is 1. The largest absolute Gasteiger partial charge is 0.480 e. The number of piperidine rings is 1. The maximum Gasteiger partial charge on any atom is 0.329 e. The minimum Gasteiger partial charge on any atom is -0.480 e. The van der Waals surface area contributed by atoms with Crippen molar-refractivity contribution in [1.29, 1.82) is 0 Å². The van der Waals surface area contributed by atoms with E-state index in [0.717, 1.165) is 0 Å². The summed E-state index contributed by atoms with van der Waals surface area (Å²) < 4.78 is 4.73. The molecule has 0 aromatic heterocycles. The summed E-state index contributed by atoms with van der Waals surface area (Å²) >= 11 is 0. The van der Waals surface area contributed by atoms with Crippen molar-refractivity contribution < 1.29 is 24.2 Å². The van der Waals surface area contributed by atoms with Crippen LogP contribution < -0.4 is 0 Å². The second-order valence-corrected chi connectivity index (χ2v) is 5.70. The SMILES string of the molecule is CCN(C(=O)N1CCCC(C(=O)OC)C1)C(C)(C)C(=O)O.